The molecule has 10 heteroatoms. The van der Waals surface area contributed by atoms with Crippen LogP contribution in [0.4, 0.5) is 11.4 Å². The molecule has 2 aromatic carbocycles. The minimum atomic E-state index is -1.49. The first kappa shape index (κ1) is 30.4. The molecule has 0 spiro atoms. The molecular weight excluding hydrogens is 492 g/mol. The van der Waals surface area contributed by atoms with E-state index >= 15 is 0 Å². The van der Waals surface area contributed by atoms with Gasteiger partial charge in [0.1, 0.15) is 13.2 Å². The second-order valence-electron chi connectivity index (χ2n) is 9.35. The lowest BCUT2D eigenvalue weighted by molar-refractivity contribution is -0.385. The fourth-order valence-corrected chi connectivity index (χ4v) is 4.25. The number of esters is 2. The zero-order valence-electron chi connectivity index (χ0n) is 22.1. The van der Waals surface area contributed by atoms with Crippen molar-refractivity contribution in [2.45, 2.75) is 84.8 Å². The summed E-state index contributed by atoms with van der Waals surface area (Å²) >= 11 is 0. The Morgan fingerprint density at radius 1 is 0.658 bits per heavy atom. The van der Waals surface area contributed by atoms with Crippen LogP contribution in [0.25, 0.3) is 0 Å². The van der Waals surface area contributed by atoms with Crippen LogP contribution in [0.2, 0.25) is 0 Å². The number of hydrogen-bond acceptors (Lipinski definition) is 8. The van der Waals surface area contributed by atoms with E-state index in [0.29, 0.717) is 24.0 Å². The van der Waals surface area contributed by atoms with Crippen LogP contribution in [-0.2, 0) is 32.3 Å². The first-order valence-corrected chi connectivity index (χ1v) is 13.0. The molecule has 0 N–H and O–H groups in total. The number of unbranched alkanes of at least 4 members (excludes halogenated alkanes) is 5. The van der Waals surface area contributed by atoms with Crippen molar-refractivity contribution in [2.75, 3.05) is 0 Å². The van der Waals surface area contributed by atoms with Gasteiger partial charge in [-0.15, -0.1) is 0 Å². The molecule has 0 aliphatic carbocycles. The van der Waals surface area contributed by atoms with E-state index < -0.39 is 27.2 Å². The van der Waals surface area contributed by atoms with Crippen LogP contribution in [0.1, 0.15) is 82.8 Å². The number of nitrogens with zero attached hydrogens (tertiary/aromatic N) is 2. The molecule has 0 aliphatic rings. The molecule has 206 valence electrons. The molecule has 0 aliphatic heterocycles. The summed E-state index contributed by atoms with van der Waals surface area (Å²) in [5, 5.41) is 21.8. The second-order valence-corrected chi connectivity index (χ2v) is 9.35. The van der Waals surface area contributed by atoms with Crippen molar-refractivity contribution in [1.29, 1.82) is 0 Å². The van der Waals surface area contributed by atoms with E-state index in [9.17, 15) is 29.8 Å². The molecule has 2 rings (SSSR count). The molecule has 0 atom stereocenters. The average molecular weight is 529 g/mol. The number of ether oxygens (including phenoxy) is 2. The average Bonchev–Trinajstić information content (AvgIpc) is 2.92. The van der Waals surface area contributed by atoms with Gasteiger partial charge in [-0.25, -0.2) is 0 Å². The summed E-state index contributed by atoms with van der Waals surface area (Å²) in [5.41, 5.74) is -0.501. The van der Waals surface area contributed by atoms with Gasteiger partial charge in [-0.1, -0.05) is 58.8 Å². The Labute approximate surface area is 222 Å². The summed E-state index contributed by atoms with van der Waals surface area (Å²) < 4.78 is 11.1. The zero-order valence-corrected chi connectivity index (χ0v) is 22.1. The van der Waals surface area contributed by atoms with E-state index in [1.807, 2.05) is 6.92 Å². The molecule has 0 radical (unpaired) electrons. The summed E-state index contributed by atoms with van der Waals surface area (Å²) in [5.74, 6) is -1.36. The Hall–Kier alpha value is -3.82. The molecule has 0 unspecified atom stereocenters. The summed E-state index contributed by atoms with van der Waals surface area (Å²) in [7, 11) is 0. The molecule has 2 aromatic rings. The number of benzene rings is 2. The Morgan fingerprint density at radius 3 is 1.47 bits per heavy atom. The SMILES string of the molecule is CCCCCCCCC(CCC)(C(=O)OCc1ccc([N+](=O)[O-])cc1)C(=O)OCc1ccc([N+](=O)[O-])cc1. The molecule has 0 saturated heterocycles. The van der Waals surface area contributed by atoms with Crippen molar-refractivity contribution in [3.8, 4) is 0 Å². The first-order chi connectivity index (χ1) is 18.2. The van der Waals surface area contributed by atoms with Crippen LogP contribution >= 0.6 is 0 Å². The molecule has 10 nitrogen and oxygen atoms in total. The van der Waals surface area contributed by atoms with Crippen molar-refractivity contribution in [3.63, 3.8) is 0 Å². The van der Waals surface area contributed by atoms with E-state index in [4.69, 9.17) is 9.47 Å². The lowest BCUT2D eigenvalue weighted by atomic mass is 9.78. The van der Waals surface area contributed by atoms with Gasteiger partial charge in [0.25, 0.3) is 11.4 Å². The van der Waals surface area contributed by atoms with Gasteiger partial charge in [0.2, 0.25) is 0 Å². The Bertz CT molecular complexity index is 994. The van der Waals surface area contributed by atoms with Gasteiger partial charge in [-0.05, 0) is 48.2 Å². The largest absolute Gasteiger partial charge is 0.460 e. The molecule has 0 saturated carbocycles. The van der Waals surface area contributed by atoms with Crippen molar-refractivity contribution in [3.05, 3.63) is 79.9 Å². The molecule has 0 fully saturated rings. The van der Waals surface area contributed by atoms with Crippen LogP contribution in [0.5, 0.6) is 0 Å². The van der Waals surface area contributed by atoms with Gasteiger partial charge >= 0.3 is 11.9 Å². The normalized spacial score (nSPS) is 11.1. The number of rotatable bonds is 17. The van der Waals surface area contributed by atoms with Crippen molar-refractivity contribution in [2.24, 2.45) is 5.41 Å². The van der Waals surface area contributed by atoms with E-state index in [1.165, 1.54) is 48.5 Å². The molecule has 0 aromatic heterocycles. The van der Waals surface area contributed by atoms with E-state index in [1.54, 1.807) is 0 Å². The van der Waals surface area contributed by atoms with Crippen LogP contribution in [-0.4, -0.2) is 21.8 Å². The number of nitro benzene ring substituents is 2. The number of carbonyl (C=O) groups excluding carboxylic acids is 2. The molecule has 0 bridgehead atoms. The maximum absolute atomic E-state index is 13.4. The molecule has 0 amide bonds. The van der Waals surface area contributed by atoms with E-state index in [-0.39, 0.29) is 37.4 Å². The van der Waals surface area contributed by atoms with Gasteiger partial charge in [0.15, 0.2) is 5.41 Å². The number of nitro groups is 2. The van der Waals surface area contributed by atoms with Crippen molar-refractivity contribution >= 4 is 23.3 Å². The monoisotopic (exact) mass is 528 g/mol. The van der Waals surface area contributed by atoms with Gasteiger partial charge in [0.05, 0.1) is 9.85 Å². The minimum Gasteiger partial charge on any atom is -0.460 e. The van der Waals surface area contributed by atoms with Gasteiger partial charge < -0.3 is 9.47 Å². The third-order valence-corrected chi connectivity index (χ3v) is 6.45. The summed E-state index contributed by atoms with van der Waals surface area (Å²) in [4.78, 5) is 47.6. The third-order valence-electron chi connectivity index (χ3n) is 6.45. The predicted octanol–water partition coefficient (Wildman–Crippen LogP) is 6.83. The molecule has 0 heterocycles. The van der Waals surface area contributed by atoms with Crippen LogP contribution in [0.15, 0.2) is 48.5 Å². The summed E-state index contributed by atoms with van der Waals surface area (Å²) in [6.45, 7) is 3.75. The summed E-state index contributed by atoms with van der Waals surface area (Å²) in [6.07, 6.45) is 6.96. The molecule has 38 heavy (non-hydrogen) atoms. The van der Waals surface area contributed by atoms with Crippen molar-refractivity contribution < 1.29 is 28.9 Å². The molecular formula is C28H36N2O8. The zero-order chi connectivity index (χ0) is 28.0. The van der Waals surface area contributed by atoms with Gasteiger partial charge in [-0.2, -0.15) is 0 Å². The quantitative estimate of drug-likeness (QED) is 0.0716. The highest BCUT2D eigenvalue weighted by Gasteiger charge is 2.47. The maximum Gasteiger partial charge on any atom is 0.323 e. The highest BCUT2D eigenvalue weighted by molar-refractivity contribution is 6.00. The maximum atomic E-state index is 13.4. The fraction of sp³-hybridized carbons (Fsp3) is 0.500. The Morgan fingerprint density at radius 2 is 1.08 bits per heavy atom. The third kappa shape index (κ3) is 8.93. The summed E-state index contributed by atoms with van der Waals surface area (Å²) in [6, 6.07) is 11.4. The lowest BCUT2D eigenvalue weighted by Crippen LogP contribution is -2.42. The second kappa shape index (κ2) is 15.4. The number of hydrogen-bond donors (Lipinski definition) is 0. The highest BCUT2D eigenvalue weighted by atomic mass is 16.6. The highest BCUT2D eigenvalue weighted by Crippen LogP contribution is 2.35. The van der Waals surface area contributed by atoms with Crippen LogP contribution < -0.4 is 0 Å². The van der Waals surface area contributed by atoms with E-state index in [2.05, 4.69) is 6.92 Å². The van der Waals surface area contributed by atoms with Crippen molar-refractivity contribution in [1.82, 2.24) is 0 Å². The lowest BCUT2D eigenvalue weighted by Gasteiger charge is -2.29. The van der Waals surface area contributed by atoms with Gasteiger partial charge in [-0.3, -0.25) is 29.8 Å². The Kier molecular flexibility index (Phi) is 12.4. The van der Waals surface area contributed by atoms with Gasteiger partial charge in [0, 0.05) is 24.3 Å². The smallest absolute Gasteiger partial charge is 0.323 e. The number of carbonyl (C=O) groups is 2. The predicted molar refractivity (Wildman–Crippen MR) is 141 cm³/mol. The van der Waals surface area contributed by atoms with E-state index in [0.717, 1.165) is 32.1 Å². The standard InChI is InChI=1S/C28H36N2O8/c1-3-5-6-7-8-9-19-28(18-4-2,26(31)37-20-22-10-14-24(15-11-22)29(33)34)27(32)38-21-23-12-16-25(17-13-23)30(35)36/h10-17H,3-9,18-21H2,1-2H3. The topological polar surface area (TPSA) is 139 Å². The Balaban J connectivity index is 2.16. The van der Waals surface area contributed by atoms with Crippen LogP contribution in [0.3, 0.4) is 0 Å². The first-order valence-electron chi connectivity index (χ1n) is 13.0. The fourth-order valence-electron chi connectivity index (χ4n) is 4.25. The number of non-ortho nitro benzene ring substituents is 2. The minimum absolute atomic E-state index is 0.0710. The van der Waals surface area contributed by atoms with Crippen LogP contribution in [0, 0.1) is 25.6 Å².